The number of fused-ring (bicyclic) bond motifs is 1. The van der Waals surface area contributed by atoms with Crippen LogP contribution in [0.15, 0.2) is 21.8 Å². The molecular formula is C23H29N5O10S2. The number of nitrogens with zero attached hydrogens (tertiary/aromatic N) is 3. The molecule has 0 aromatic carbocycles. The van der Waals surface area contributed by atoms with Gasteiger partial charge >= 0.3 is 12.1 Å². The third-order valence-electron chi connectivity index (χ3n) is 5.14. The minimum absolute atomic E-state index is 0.0424. The van der Waals surface area contributed by atoms with Gasteiger partial charge in [-0.1, -0.05) is 5.16 Å². The molecule has 0 aliphatic carbocycles. The van der Waals surface area contributed by atoms with E-state index in [-0.39, 0.29) is 34.7 Å². The highest BCUT2D eigenvalue weighted by Gasteiger charge is 2.55. The molecule has 40 heavy (non-hydrogen) atoms. The molecule has 2 aliphatic heterocycles. The number of thioether (sulfide) groups is 1. The van der Waals surface area contributed by atoms with Gasteiger partial charge in [0.2, 0.25) is 12.2 Å². The molecule has 218 valence electrons. The van der Waals surface area contributed by atoms with Gasteiger partial charge in [-0.25, -0.2) is 14.6 Å². The van der Waals surface area contributed by atoms with Crippen LogP contribution in [-0.4, -0.2) is 95.8 Å². The number of nitrogens with one attached hydrogen (secondary N) is 2. The molecular weight excluding hydrogens is 570 g/mol. The third kappa shape index (κ3) is 7.28. The Bertz CT molecular complexity index is 1230. The van der Waals surface area contributed by atoms with E-state index in [9.17, 15) is 24.0 Å². The maximum Gasteiger partial charge on any atom is 0.511 e. The summed E-state index contributed by atoms with van der Waals surface area (Å²) in [4.78, 5) is 72.6. The molecule has 0 bridgehead atoms. The number of carbonyl (C=O) groups is 5. The molecule has 0 spiro atoms. The molecule has 2 aliphatic rings. The quantitative estimate of drug-likeness (QED) is 0.122. The number of hydrogen-bond acceptors (Lipinski definition) is 14. The largest absolute Gasteiger partial charge is 0.511 e. The number of oxime groups is 1. The van der Waals surface area contributed by atoms with Crippen molar-refractivity contribution in [2.24, 2.45) is 5.16 Å². The smallest absolute Gasteiger partial charge is 0.431 e. The standard InChI is InChI=1S/C23H29N5O10S2/c1-10(2)36-23(33)38-12(4)37-21(32)17-13(7-34-5)8-39-20-16(19(31)28(17)20)26-18(30)15(27-35-6)14-9-40-22(25-14)24-11(3)29/h9-10,12,16,20H,7-8H2,1-6H3,(H,26,30)(H,24,25,29)/b27-15-/t12-,16-,20-/m1/s1. The van der Waals surface area contributed by atoms with Crippen molar-refractivity contribution in [2.45, 2.75) is 51.5 Å². The van der Waals surface area contributed by atoms with Crippen molar-refractivity contribution < 1.29 is 47.8 Å². The zero-order valence-corrected chi connectivity index (χ0v) is 24.2. The summed E-state index contributed by atoms with van der Waals surface area (Å²) in [5, 5.41) is 9.97. The number of ether oxygens (including phenoxy) is 4. The lowest BCUT2D eigenvalue weighted by Gasteiger charge is -2.49. The number of thiazole rings is 1. The van der Waals surface area contributed by atoms with Crippen molar-refractivity contribution in [1.82, 2.24) is 15.2 Å². The summed E-state index contributed by atoms with van der Waals surface area (Å²) in [6.45, 7) is 5.96. The van der Waals surface area contributed by atoms with Gasteiger partial charge in [0.25, 0.3) is 11.8 Å². The minimum atomic E-state index is -1.30. The van der Waals surface area contributed by atoms with Crippen molar-refractivity contribution in [3.63, 3.8) is 0 Å². The Labute approximate surface area is 237 Å². The molecule has 0 saturated carbocycles. The zero-order chi connectivity index (χ0) is 29.6. The van der Waals surface area contributed by atoms with Crippen LogP contribution < -0.4 is 10.6 Å². The van der Waals surface area contributed by atoms with Gasteiger partial charge in [-0.15, -0.1) is 23.1 Å². The number of methoxy groups -OCH3 is 1. The van der Waals surface area contributed by atoms with Crippen LogP contribution in [0.5, 0.6) is 0 Å². The van der Waals surface area contributed by atoms with Crippen molar-refractivity contribution in [3.8, 4) is 0 Å². The van der Waals surface area contributed by atoms with Crippen LogP contribution in [0, 0.1) is 0 Å². The minimum Gasteiger partial charge on any atom is -0.431 e. The fourth-order valence-corrected chi connectivity index (χ4v) is 5.71. The lowest BCUT2D eigenvalue weighted by atomic mass is 10.0. The Morgan fingerprint density at radius 3 is 2.52 bits per heavy atom. The summed E-state index contributed by atoms with van der Waals surface area (Å²) >= 11 is 2.39. The molecule has 0 radical (unpaired) electrons. The van der Waals surface area contributed by atoms with E-state index in [0.29, 0.717) is 11.3 Å². The monoisotopic (exact) mass is 599 g/mol. The molecule has 1 aromatic heterocycles. The number of anilines is 1. The Morgan fingerprint density at radius 2 is 1.90 bits per heavy atom. The van der Waals surface area contributed by atoms with Crippen molar-refractivity contribution in [1.29, 1.82) is 0 Å². The number of carbonyl (C=O) groups excluding carboxylic acids is 5. The van der Waals surface area contributed by atoms with Crippen LogP contribution in [-0.2, 0) is 43.0 Å². The molecule has 1 saturated heterocycles. The summed E-state index contributed by atoms with van der Waals surface area (Å²) in [5.41, 5.74) is 0.346. The van der Waals surface area contributed by atoms with E-state index in [1.807, 2.05) is 0 Å². The predicted molar refractivity (Wildman–Crippen MR) is 142 cm³/mol. The average molecular weight is 600 g/mol. The van der Waals surface area contributed by atoms with E-state index in [0.717, 1.165) is 11.3 Å². The molecule has 0 unspecified atom stereocenters. The summed E-state index contributed by atoms with van der Waals surface area (Å²) in [6.07, 6.45) is -2.75. The molecule has 1 fully saturated rings. The Kier molecular flexibility index (Phi) is 10.5. The highest BCUT2D eigenvalue weighted by molar-refractivity contribution is 8.00. The van der Waals surface area contributed by atoms with Gasteiger partial charge in [0.15, 0.2) is 10.8 Å². The van der Waals surface area contributed by atoms with Crippen LogP contribution in [0.1, 0.15) is 33.4 Å². The van der Waals surface area contributed by atoms with E-state index >= 15 is 0 Å². The van der Waals surface area contributed by atoms with E-state index < -0.39 is 47.7 Å². The van der Waals surface area contributed by atoms with Gasteiger partial charge in [0.05, 0.1) is 12.7 Å². The second-order valence-corrected chi connectivity index (χ2v) is 10.6. The number of aromatic nitrogens is 1. The lowest BCUT2D eigenvalue weighted by Crippen LogP contribution is -2.71. The van der Waals surface area contributed by atoms with Gasteiger partial charge in [0.1, 0.15) is 29.9 Å². The normalized spacial score (nSPS) is 19.3. The highest BCUT2D eigenvalue weighted by atomic mass is 32.2. The second kappa shape index (κ2) is 13.6. The Morgan fingerprint density at radius 1 is 1.18 bits per heavy atom. The predicted octanol–water partition coefficient (Wildman–Crippen LogP) is 1.20. The summed E-state index contributed by atoms with van der Waals surface area (Å²) in [7, 11) is 2.68. The average Bonchev–Trinajstić information content (AvgIpc) is 3.31. The van der Waals surface area contributed by atoms with Crippen LogP contribution in [0.3, 0.4) is 0 Å². The van der Waals surface area contributed by atoms with E-state index in [1.54, 1.807) is 13.8 Å². The number of rotatable bonds is 11. The van der Waals surface area contributed by atoms with Gasteiger partial charge < -0.3 is 34.4 Å². The van der Waals surface area contributed by atoms with Crippen molar-refractivity contribution >= 4 is 63.8 Å². The van der Waals surface area contributed by atoms with Crippen LogP contribution in [0.2, 0.25) is 0 Å². The zero-order valence-electron chi connectivity index (χ0n) is 22.5. The van der Waals surface area contributed by atoms with E-state index in [1.165, 1.54) is 50.1 Å². The first-order valence-corrected chi connectivity index (χ1v) is 13.8. The lowest BCUT2D eigenvalue weighted by molar-refractivity contribution is -0.169. The fraction of sp³-hybridized carbons (Fsp3) is 0.522. The molecule has 3 heterocycles. The van der Waals surface area contributed by atoms with Crippen LogP contribution >= 0.6 is 23.1 Å². The van der Waals surface area contributed by atoms with Gasteiger partial charge in [-0.05, 0) is 19.4 Å². The maximum absolute atomic E-state index is 13.2. The van der Waals surface area contributed by atoms with E-state index in [4.69, 9.17) is 23.8 Å². The summed E-state index contributed by atoms with van der Waals surface area (Å²) in [5.74, 6) is -2.27. The molecule has 17 heteroatoms. The fourth-order valence-electron chi connectivity index (χ4n) is 3.64. The molecule has 3 rings (SSSR count). The number of β-lactam (4-membered cyclic amide) rings is 1. The van der Waals surface area contributed by atoms with Crippen LogP contribution in [0.25, 0.3) is 0 Å². The topological polar surface area (TPSA) is 184 Å². The second-order valence-electron chi connectivity index (χ2n) is 8.60. The van der Waals surface area contributed by atoms with Crippen molar-refractivity contribution in [3.05, 3.63) is 22.3 Å². The maximum atomic E-state index is 13.2. The molecule has 3 atom stereocenters. The van der Waals surface area contributed by atoms with Gasteiger partial charge in [-0.2, -0.15) is 0 Å². The van der Waals surface area contributed by atoms with Crippen LogP contribution in [0.4, 0.5) is 9.93 Å². The third-order valence-corrected chi connectivity index (χ3v) is 7.24. The summed E-state index contributed by atoms with van der Waals surface area (Å²) < 4.78 is 20.3. The molecule has 15 nitrogen and oxygen atoms in total. The first-order valence-electron chi connectivity index (χ1n) is 11.9. The first kappa shape index (κ1) is 30.8. The van der Waals surface area contributed by atoms with Gasteiger partial charge in [0, 0.05) is 32.1 Å². The summed E-state index contributed by atoms with van der Waals surface area (Å²) in [6, 6.07) is -1.01. The number of esters is 1. The highest BCUT2D eigenvalue weighted by Crippen LogP contribution is 2.41. The number of amides is 3. The molecule has 3 amide bonds. The number of hydrogen-bond donors (Lipinski definition) is 2. The van der Waals surface area contributed by atoms with Crippen molar-refractivity contribution in [2.75, 3.05) is 31.9 Å². The first-order chi connectivity index (χ1) is 19.0. The Balaban J connectivity index is 1.74. The van der Waals surface area contributed by atoms with Gasteiger partial charge in [-0.3, -0.25) is 19.3 Å². The molecule has 2 N–H and O–H groups in total. The SMILES string of the molecule is COCC1=C(C(=O)O[C@@H](C)OC(=O)OC(C)C)N2C(=O)[C@@H](NC(=O)/C(=N\OC)c3csc(NC(C)=O)n3)[C@H]2SC1. The molecule has 1 aromatic rings. The van der Waals surface area contributed by atoms with E-state index in [2.05, 4.69) is 20.8 Å². The Hall–Kier alpha value is -3.70.